The van der Waals surface area contributed by atoms with Crippen LogP contribution in [0.1, 0.15) is 74.7 Å². The number of nitrogens with one attached hydrogen (secondary N) is 2. The SMILES string of the molecule is CCCCCCOc1ccc(Br)cc1C(=O)NNC(=O)COc1ccc(C(C)CC)cc1. The molecule has 1 unspecified atom stereocenters. The van der Waals surface area contributed by atoms with Crippen LogP contribution in [0, 0.1) is 0 Å². The lowest BCUT2D eigenvalue weighted by atomic mass is 9.99. The van der Waals surface area contributed by atoms with Crippen molar-refractivity contribution in [3.63, 3.8) is 0 Å². The maximum absolute atomic E-state index is 12.6. The third kappa shape index (κ3) is 8.54. The van der Waals surface area contributed by atoms with Gasteiger partial charge in [0.05, 0.1) is 12.2 Å². The predicted molar refractivity (Wildman–Crippen MR) is 130 cm³/mol. The van der Waals surface area contributed by atoms with Gasteiger partial charge in [-0.2, -0.15) is 0 Å². The number of ether oxygens (including phenoxy) is 2. The molecule has 0 radical (unpaired) electrons. The summed E-state index contributed by atoms with van der Waals surface area (Å²) < 4.78 is 12.0. The molecule has 32 heavy (non-hydrogen) atoms. The molecular formula is C25H33BrN2O4. The summed E-state index contributed by atoms with van der Waals surface area (Å²) in [6.45, 7) is 6.80. The van der Waals surface area contributed by atoms with Crippen LogP contribution in [0.25, 0.3) is 0 Å². The van der Waals surface area contributed by atoms with E-state index in [4.69, 9.17) is 9.47 Å². The van der Waals surface area contributed by atoms with Gasteiger partial charge in [0, 0.05) is 4.47 Å². The molecule has 1 atom stereocenters. The molecule has 0 saturated carbocycles. The summed E-state index contributed by atoms with van der Waals surface area (Å²) in [7, 11) is 0. The molecule has 0 aliphatic rings. The van der Waals surface area contributed by atoms with Gasteiger partial charge in [-0.15, -0.1) is 0 Å². The second-order valence-corrected chi connectivity index (χ2v) is 8.63. The molecule has 2 aromatic rings. The molecule has 0 bridgehead atoms. The van der Waals surface area contributed by atoms with Gasteiger partial charge in [-0.1, -0.05) is 68.1 Å². The minimum Gasteiger partial charge on any atom is -0.493 e. The molecule has 2 N–H and O–H groups in total. The van der Waals surface area contributed by atoms with Crippen LogP contribution in [-0.4, -0.2) is 25.0 Å². The largest absolute Gasteiger partial charge is 0.493 e. The van der Waals surface area contributed by atoms with Gasteiger partial charge < -0.3 is 9.47 Å². The molecule has 0 heterocycles. The van der Waals surface area contributed by atoms with E-state index in [9.17, 15) is 9.59 Å². The van der Waals surface area contributed by atoms with Crippen molar-refractivity contribution in [3.8, 4) is 11.5 Å². The Kier molecular flexibility index (Phi) is 11.1. The summed E-state index contributed by atoms with van der Waals surface area (Å²) in [5.41, 5.74) is 6.39. The van der Waals surface area contributed by atoms with Crippen molar-refractivity contribution in [2.24, 2.45) is 0 Å². The van der Waals surface area contributed by atoms with E-state index in [2.05, 4.69) is 47.6 Å². The molecule has 0 saturated heterocycles. The van der Waals surface area contributed by atoms with E-state index in [1.54, 1.807) is 12.1 Å². The molecule has 0 aliphatic heterocycles. The minimum absolute atomic E-state index is 0.206. The van der Waals surface area contributed by atoms with Crippen molar-refractivity contribution < 1.29 is 19.1 Å². The van der Waals surface area contributed by atoms with Crippen molar-refractivity contribution in [2.45, 2.75) is 58.8 Å². The zero-order chi connectivity index (χ0) is 23.3. The van der Waals surface area contributed by atoms with E-state index in [-0.39, 0.29) is 6.61 Å². The third-order valence-corrected chi connectivity index (χ3v) is 5.68. The Hall–Kier alpha value is -2.54. The lowest BCUT2D eigenvalue weighted by Gasteiger charge is -2.13. The highest BCUT2D eigenvalue weighted by Crippen LogP contribution is 2.24. The number of amides is 2. The number of halogens is 1. The number of unbranched alkanes of at least 4 members (excludes halogenated alkanes) is 3. The summed E-state index contributed by atoms with van der Waals surface area (Å²) in [5.74, 6) is 0.645. The summed E-state index contributed by atoms with van der Waals surface area (Å²) in [6, 6.07) is 12.9. The lowest BCUT2D eigenvalue weighted by Crippen LogP contribution is -2.44. The van der Waals surface area contributed by atoms with Crippen LogP contribution < -0.4 is 20.3 Å². The Balaban J connectivity index is 1.83. The maximum atomic E-state index is 12.6. The Morgan fingerprint density at radius 1 is 0.969 bits per heavy atom. The van der Waals surface area contributed by atoms with Gasteiger partial charge in [-0.25, -0.2) is 0 Å². The molecule has 6 nitrogen and oxygen atoms in total. The Bertz CT molecular complexity index is 871. The summed E-state index contributed by atoms with van der Waals surface area (Å²) >= 11 is 3.37. The van der Waals surface area contributed by atoms with Gasteiger partial charge in [0.15, 0.2) is 6.61 Å². The van der Waals surface area contributed by atoms with Crippen LogP contribution in [0.4, 0.5) is 0 Å². The summed E-state index contributed by atoms with van der Waals surface area (Å²) in [5, 5.41) is 0. The summed E-state index contributed by atoms with van der Waals surface area (Å²) in [4.78, 5) is 24.7. The molecule has 0 spiro atoms. The molecule has 2 amide bonds. The second-order valence-electron chi connectivity index (χ2n) is 7.72. The minimum atomic E-state index is -0.457. The van der Waals surface area contributed by atoms with Gasteiger partial charge in [-0.3, -0.25) is 20.4 Å². The number of hydrogen-bond donors (Lipinski definition) is 2. The molecule has 0 fully saturated rings. The first-order chi connectivity index (χ1) is 15.4. The second kappa shape index (κ2) is 13.8. The number of hydrazine groups is 1. The van der Waals surface area contributed by atoms with Crippen LogP contribution in [0.3, 0.4) is 0 Å². The fourth-order valence-corrected chi connectivity index (χ4v) is 3.38. The fraction of sp³-hybridized carbons (Fsp3) is 0.440. The molecular weight excluding hydrogens is 472 g/mol. The van der Waals surface area contributed by atoms with E-state index in [1.807, 2.05) is 30.3 Å². The van der Waals surface area contributed by atoms with E-state index in [0.29, 0.717) is 29.6 Å². The van der Waals surface area contributed by atoms with Gasteiger partial charge >= 0.3 is 0 Å². The first kappa shape index (κ1) is 25.7. The number of carbonyl (C=O) groups is 2. The van der Waals surface area contributed by atoms with Gasteiger partial charge in [0.25, 0.3) is 11.8 Å². The van der Waals surface area contributed by atoms with E-state index >= 15 is 0 Å². The predicted octanol–water partition coefficient (Wildman–Crippen LogP) is 5.76. The van der Waals surface area contributed by atoms with E-state index in [0.717, 1.165) is 36.6 Å². The smallest absolute Gasteiger partial charge is 0.276 e. The molecule has 2 rings (SSSR count). The zero-order valence-electron chi connectivity index (χ0n) is 19.1. The molecule has 0 aromatic heterocycles. The number of benzene rings is 2. The van der Waals surface area contributed by atoms with Gasteiger partial charge in [-0.05, 0) is 54.7 Å². The topological polar surface area (TPSA) is 76.7 Å². The third-order valence-electron chi connectivity index (χ3n) is 5.19. The van der Waals surface area contributed by atoms with Crippen LogP contribution in [0.5, 0.6) is 11.5 Å². The molecule has 174 valence electrons. The normalized spacial score (nSPS) is 11.5. The van der Waals surface area contributed by atoms with Crippen molar-refractivity contribution in [1.82, 2.24) is 10.9 Å². The Labute approximate surface area is 199 Å². The van der Waals surface area contributed by atoms with E-state index < -0.39 is 11.8 Å². The highest BCUT2D eigenvalue weighted by Gasteiger charge is 2.15. The highest BCUT2D eigenvalue weighted by atomic mass is 79.9. The number of rotatable bonds is 12. The number of hydrogen-bond acceptors (Lipinski definition) is 4. The van der Waals surface area contributed by atoms with Crippen LogP contribution >= 0.6 is 15.9 Å². The standard InChI is InChI=1S/C25H33BrN2O4/c1-4-6-7-8-15-31-23-14-11-20(26)16-22(23)25(30)28-27-24(29)17-32-21-12-9-19(10-13-21)18(3)5-2/h9-14,16,18H,4-8,15,17H2,1-3H3,(H,27,29)(H,28,30). The average Bonchev–Trinajstić information content (AvgIpc) is 2.81. The number of carbonyl (C=O) groups excluding carboxylic acids is 2. The van der Waals surface area contributed by atoms with E-state index in [1.165, 1.54) is 5.56 Å². The van der Waals surface area contributed by atoms with Gasteiger partial charge in [0.1, 0.15) is 11.5 Å². The quantitative estimate of drug-likeness (QED) is 0.284. The molecule has 0 aliphatic carbocycles. The fourth-order valence-electron chi connectivity index (χ4n) is 3.02. The highest BCUT2D eigenvalue weighted by molar-refractivity contribution is 9.10. The Morgan fingerprint density at radius 2 is 1.72 bits per heavy atom. The summed E-state index contributed by atoms with van der Waals surface area (Å²) in [6.07, 6.45) is 5.39. The molecule has 7 heteroatoms. The van der Waals surface area contributed by atoms with Crippen molar-refractivity contribution in [2.75, 3.05) is 13.2 Å². The van der Waals surface area contributed by atoms with Crippen LogP contribution in [0.15, 0.2) is 46.9 Å². The van der Waals surface area contributed by atoms with Crippen molar-refractivity contribution >= 4 is 27.7 Å². The first-order valence-corrected chi connectivity index (χ1v) is 12.0. The van der Waals surface area contributed by atoms with Gasteiger partial charge in [0.2, 0.25) is 0 Å². The van der Waals surface area contributed by atoms with Crippen molar-refractivity contribution in [3.05, 3.63) is 58.1 Å². The van der Waals surface area contributed by atoms with Crippen LogP contribution in [0.2, 0.25) is 0 Å². The molecule has 2 aromatic carbocycles. The van der Waals surface area contributed by atoms with Crippen molar-refractivity contribution in [1.29, 1.82) is 0 Å². The monoisotopic (exact) mass is 504 g/mol. The zero-order valence-corrected chi connectivity index (χ0v) is 20.7. The average molecular weight is 505 g/mol. The first-order valence-electron chi connectivity index (χ1n) is 11.2. The maximum Gasteiger partial charge on any atom is 0.276 e. The van der Waals surface area contributed by atoms with Crippen LogP contribution in [-0.2, 0) is 4.79 Å². The Morgan fingerprint density at radius 3 is 2.41 bits per heavy atom. The lowest BCUT2D eigenvalue weighted by molar-refractivity contribution is -0.123.